The number of nitrogens with one attached hydrogen (secondary N) is 1. The van der Waals surface area contributed by atoms with Crippen LogP contribution in [-0.4, -0.2) is 44.2 Å². The van der Waals surface area contributed by atoms with Crippen LogP contribution in [0.2, 0.25) is 0 Å². The minimum absolute atomic E-state index is 0.0651. The average molecular weight is 263 g/mol. The van der Waals surface area contributed by atoms with Crippen LogP contribution in [0.25, 0.3) is 0 Å². The van der Waals surface area contributed by atoms with Crippen LogP contribution in [0, 0.1) is 0 Å². The van der Waals surface area contributed by atoms with Crippen molar-refractivity contribution in [1.29, 1.82) is 0 Å². The van der Waals surface area contributed by atoms with Gasteiger partial charge in [-0.3, -0.25) is 9.78 Å². The summed E-state index contributed by atoms with van der Waals surface area (Å²) in [5, 5.41) is 2.87. The third-order valence-corrected chi connectivity index (χ3v) is 3.27. The summed E-state index contributed by atoms with van der Waals surface area (Å²) in [6, 6.07) is 1.92. The predicted octanol–water partition coefficient (Wildman–Crippen LogP) is 1.45. The van der Waals surface area contributed by atoms with E-state index in [1.165, 1.54) is 12.8 Å². The number of nitrogens with zero attached hydrogens (tertiary/aromatic N) is 2. The van der Waals surface area contributed by atoms with Gasteiger partial charge in [0.05, 0.1) is 17.4 Å². The lowest BCUT2D eigenvalue weighted by molar-refractivity contribution is 0.0948. The Morgan fingerprint density at radius 3 is 2.95 bits per heavy atom. The largest absolute Gasteiger partial charge is 0.385 e. The number of hydrogen-bond donors (Lipinski definition) is 1. The number of rotatable bonds is 6. The van der Waals surface area contributed by atoms with E-state index in [-0.39, 0.29) is 5.91 Å². The molecule has 1 aromatic rings. The highest BCUT2D eigenvalue weighted by Gasteiger charge is 2.14. The highest BCUT2D eigenvalue weighted by atomic mass is 16.5. The summed E-state index contributed by atoms with van der Waals surface area (Å²) in [4.78, 5) is 18.4. The summed E-state index contributed by atoms with van der Waals surface area (Å²) >= 11 is 0. The van der Waals surface area contributed by atoms with Crippen molar-refractivity contribution >= 4 is 11.6 Å². The molecule has 0 radical (unpaired) electrons. The topological polar surface area (TPSA) is 54.5 Å². The molecule has 0 bridgehead atoms. The van der Waals surface area contributed by atoms with Gasteiger partial charge >= 0.3 is 0 Å². The van der Waals surface area contributed by atoms with Crippen molar-refractivity contribution in [2.45, 2.75) is 19.3 Å². The van der Waals surface area contributed by atoms with E-state index in [1.54, 1.807) is 13.3 Å². The number of anilines is 1. The molecule has 1 N–H and O–H groups in total. The zero-order valence-electron chi connectivity index (χ0n) is 11.4. The van der Waals surface area contributed by atoms with Crippen molar-refractivity contribution in [2.75, 3.05) is 38.3 Å². The molecule has 1 aliphatic rings. The highest BCUT2D eigenvalue weighted by Crippen LogP contribution is 2.19. The summed E-state index contributed by atoms with van der Waals surface area (Å²) in [5.74, 6) is -0.0651. The molecular formula is C14H21N3O2. The van der Waals surface area contributed by atoms with Gasteiger partial charge in [0, 0.05) is 39.5 Å². The van der Waals surface area contributed by atoms with Gasteiger partial charge in [0.2, 0.25) is 0 Å². The van der Waals surface area contributed by atoms with Gasteiger partial charge in [0.1, 0.15) is 0 Å². The second kappa shape index (κ2) is 7.09. The number of methoxy groups -OCH3 is 1. The molecule has 1 fully saturated rings. The minimum atomic E-state index is -0.0651. The Hall–Kier alpha value is -1.62. The number of pyridine rings is 1. The van der Waals surface area contributed by atoms with Crippen molar-refractivity contribution < 1.29 is 9.53 Å². The molecule has 19 heavy (non-hydrogen) atoms. The lowest BCUT2D eigenvalue weighted by Gasteiger charge is -2.17. The standard InChI is InChI=1S/C14H21N3O2/c1-19-8-4-5-16-14(18)12-9-13(11-15-10-12)17-6-2-3-7-17/h9-11H,2-8H2,1H3,(H,16,18). The molecule has 104 valence electrons. The summed E-state index contributed by atoms with van der Waals surface area (Å²) < 4.78 is 4.95. The number of aromatic nitrogens is 1. The van der Waals surface area contributed by atoms with Crippen molar-refractivity contribution in [1.82, 2.24) is 10.3 Å². The number of amides is 1. The van der Waals surface area contributed by atoms with Gasteiger partial charge < -0.3 is 15.0 Å². The van der Waals surface area contributed by atoms with Gasteiger partial charge in [-0.2, -0.15) is 0 Å². The molecule has 1 saturated heterocycles. The molecule has 0 saturated carbocycles. The fourth-order valence-electron chi connectivity index (χ4n) is 2.22. The van der Waals surface area contributed by atoms with Crippen molar-refractivity contribution in [2.24, 2.45) is 0 Å². The van der Waals surface area contributed by atoms with E-state index in [4.69, 9.17) is 4.74 Å². The Morgan fingerprint density at radius 2 is 2.21 bits per heavy atom. The summed E-state index contributed by atoms with van der Waals surface area (Å²) in [5.41, 5.74) is 1.67. The Balaban J connectivity index is 1.92. The molecule has 0 spiro atoms. The van der Waals surface area contributed by atoms with E-state index in [2.05, 4.69) is 15.2 Å². The second-order valence-electron chi connectivity index (χ2n) is 4.73. The SMILES string of the molecule is COCCCNC(=O)c1cncc(N2CCCC2)c1. The minimum Gasteiger partial charge on any atom is -0.385 e. The van der Waals surface area contributed by atoms with Crippen LogP contribution in [0.4, 0.5) is 5.69 Å². The van der Waals surface area contributed by atoms with Crippen molar-refractivity contribution in [3.8, 4) is 0 Å². The Labute approximate surface area is 114 Å². The molecule has 1 aromatic heterocycles. The Morgan fingerprint density at radius 1 is 1.42 bits per heavy atom. The summed E-state index contributed by atoms with van der Waals surface area (Å²) in [6.45, 7) is 3.40. The monoisotopic (exact) mass is 263 g/mol. The third kappa shape index (κ3) is 3.92. The van der Waals surface area contributed by atoms with E-state index in [9.17, 15) is 4.79 Å². The third-order valence-electron chi connectivity index (χ3n) is 3.27. The fraction of sp³-hybridized carbons (Fsp3) is 0.571. The lowest BCUT2D eigenvalue weighted by atomic mass is 10.2. The summed E-state index contributed by atoms with van der Waals surface area (Å²) in [6.07, 6.45) is 6.70. The van der Waals surface area contributed by atoms with E-state index < -0.39 is 0 Å². The van der Waals surface area contributed by atoms with Gasteiger partial charge in [-0.1, -0.05) is 0 Å². The van der Waals surface area contributed by atoms with Gasteiger partial charge in [-0.05, 0) is 25.3 Å². The first-order chi connectivity index (χ1) is 9.31. The molecule has 0 aromatic carbocycles. The predicted molar refractivity (Wildman–Crippen MR) is 74.5 cm³/mol. The number of hydrogen-bond acceptors (Lipinski definition) is 4. The maximum Gasteiger partial charge on any atom is 0.252 e. The normalized spacial score (nSPS) is 14.7. The van der Waals surface area contributed by atoms with Gasteiger partial charge in [-0.15, -0.1) is 0 Å². The number of carbonyl (C=O) groups excluding carboxylic acids is 1. The molecule has 0 aliphatic carbocycles. The second-order valence-corrected chi connectivity index (χ2v) is 4.73. The number of ether oxygens (including phenoxy) is 1. The number of carbonyl (C=O) groups is 1. The molecule has 0 atom stereocenters. The van der Waals surface area contributed by atoms with E-state index >= 15 is 0 Å². The zero-order valence-corrected chi connectivity index (χ0v) is 11.4. The molecule has 5 heteroatoms. The maximum absolute atomic E-state index is 12.0. The highest BCUT2D eigenvalue weighted by molar-refractivity contribution is 5.94. The van der Waals surface area contributed by atoms with Gasteiger partial charge in [0.15, 0.2) is 0 Å². The van der Waals surface area contributed by atoms with Crippen molar-refractivity contribution in [3.05, 3.63) is 24.0 Å². The Bertz CT molecular complexity index is 417. The van der Waals surface area contributed by atoms with Crippen LogP contribution in [-0.2, 0) is 4.74 Å². The van der Waals surface area contributed by atoms with E-state index in [0.29, 0.717) is 18.7 Å². The maximum atomic E-state index is 12.0. The zero-order chi connectivity index (χ0) is 13.5. The van der Waals surface area contributed by atoms with E-state index in [0.717, 1.165) is 25.2 Å². The first kappa shape index (κ1) is 13.8. The lowest BCUT2D eigenvalue weighted by Crippen LogP contribution is -2.26. The van der Waals surface area contributed by atoms with E-state index in [1.807, 2.05) is 12.3 Å². The van der Waals surface area contributed by atoms with Gasteiger partial charge in [-0.25, -0.2) is 0 Å². The van der Waals surface area contributed by atoms with Crippen LogP contribution in [0.3, 0.4) is 0 Å². The molecule has 5 nitrogen and oxygen atoms in total. The molecule has 1 aliphatic heterocycles. The summed E-state index contributed by atoms with van der Waals surface area (Å²) in [7, 11) is 1.66. The fourth-order valence-corrected chi connectivity index (χ4v) is 2.22. The molecular weight excluding hydrogens is 242 g/mol. The van der Waals surface area contributed by atoms with Crippen LogP contribution in [0.1, 0.15) is 29.6 Å². The van der Waals surface area contributed by atoms with Crippen molar-refractivity contribution in [3.63, 3.8) is 0 Å². The quantitative estimate of drug-likeness (QED) is 0.789. The van der Waals surface area contributed by atoms with Crippen LogP contribution >= 0.6 is 0 Å². The average Bonchev–Trinajstić information content (AvgIpc) is 2.98. The molecule has 1 amide bonds. The van der Waals surface area contributed by atoms with Crippen LogP contribution < -0.4 is 10.2 Å². The van der Waals surface area contributed by atoms with Gasteiger partial charge in [0.25, 0.3) is 5.91 Å². The molecule has 2 rings (SSSR count). The van der Waals surface area contributed by atoms with Crippen LogP contribution in [0.5, 0.6) is 0 Å². The molecule has 0 unspecified atom stereocenters. The smallest absolute Gasteiger partial charge is 0.252 e. The first-order valence-electron chi connectivity index (χ1n) is 6.78. The molecule has 2 heterocycles. The van der Waals surface area contributed by atoms with Crippen LogP contribution in [0.15, 0.2) is 18.5 Å². The first-order valence-corrected chi connectivity index (χ1v) is 6.78. The Kier molecular flexibility index (Phi) is 5.15.